The standard InChI is InChI=1S/C14H20FNO/c1-10(8-11-4-3-5-11)16-12-6-7-14(17-2)13(15)9-12/h6-7,9-11,16H,3-5,8H2,1-2H3. The Morgan fingerprint density at radius 2 is 2.24 bits per heavy atom. The van der Waals surface area contributed by atoms with Gasteiger partial charge in [0.05, 0.1) is 7.11 Å². The number of ether oxygens (including phenoxy) is 1. The molecule has 1 aromatic rings. The van der Waals surface area contributed by atoms with Gasteiger partial charge in [0.2, 0.25) is 0 Å². The Hall–Kier alpha value is -1.25. The molecule has 1 unspecified atom stereocenters. The normalized spacial score (nSPS) is 17.4. The number of halogens is 1. The second-order valence-electron chi connectivity index (χ2n) is 4.93. The number of hydrogen-bond acceptors (Lipinski definition) is 2. The average molecular weight is 237 g/mol. The zero-order chi connectivity index (χ0) is 12.3. The van der Waals surface area contributed by atoms with Gasteiger partial charge in [0, 0.05) is 17.8 Å². The highest BCUT2D eigenvalue weighted by atomic mass is 19.1. The molecular weight excluding hydrogens is 217 g/mol. The van der Waals surface area contributed by atoms with Crippen molar-refractivity contribution in [1.29, 1.82) is 0 Å². The van der Waals surface area contributed by atoms with Crippen LogP contribution >= 0.6 is 0 Å². The van der Waals surface area contributed by atoms with E-state index in [0.717, 1.165) is 11.6 Å². The molecule has 1 aliphatic carbocycles. The second-order valence-corrected chi connectivity index (χ2v) is 4.93. The third kappa shape index (κ3) is 3.11. The number of rotatable bonds is 5. The van der Waals surface area contributed by atoms with Gasteiger partial charge in [-0.3, -0.25) is 0 Å². The molecule has 1 saturated carbocycles. The van der Waals surface area contributed by atoms with Gasteiger partial charge in [-0.15, -0.1) is 0 Å². The molecule has 17 heavy (non-hydrogen) atoms. The molecule has 1 atom stereocenters. The second kappa shape index (κ2) is 5.39. The van der Waals surface area contributed by atoms with Gasteiger partial charge in [-0.1, -0.05) is 19.3 Å². The summed E-state index contributed by atoms with van der Waals surface area (Å²) >= 11 is 0. The molecule has 1 N–H and O–H groups in total. The van der Waals surface area contributed by atoms with E-state index in [2.05, 4.69) is 12.2 Å². The highest BCUT2D eigenvalue weighted by molar-refractivity contribution is 5.47. The van der Waals surface area contributed by atoms with Crippen LogP contribution in [0.15, 0.2) is 18.2 Å². The van der Waals surface area contributed by atoms with E-state index < -0.39 is 0 Å². The molecule has 0 aliphatic heterocycles. The quantitative estimate of drug-likeness (QED) is 0.840. The summed E-state index contributed by atoms with van der Waals surface area (Å²) in [5, 5.41) is 3.34. The molecule has 0 bridgehead atoms. The molecule has 2 nitrogen and oxygen atoms in total. The van der Waals surface area contributed by atoms with Crippen molar-refractivity contribution in [1.82, 2.24) is 0 Å². The van der Waals surface area contributed by atoms with Crippen LogP contribution in [0, 0.1) is 11.7 Å². The molecule has 1 aromatic carbocycles. The highest BCUT2D eigenvalue weighted by Crippen LogP contribution is 2.31. The minimum atomic E-state index is -0.312. The number of methoxy groups -OCH3 is 1. The lowest BCUT2D eigenvalue weighted by Gasteiger charge is -2.28. The number of nitrogens with one attached hydrogen (secondary N) is 1. The molecule has 0 amide bonds. The van der Waals surface area contributed by atoms with Gasteiger partial charge in [0.25, 0.3) is 0 Å². The molecule has 2 rings (SSSR count). The molecule has 0 saturated heterocycles. The van der Waals surface area contributed by atoms with Crippen molar-refractivity contribution in [3.05, 3.63) is 24.0 Å². The van der Waals surface area contributed by atoms with E-state index >= 15 is 0 Å². The van der Waals surface area contributed by atoms with Crippen LogP contribution in [0.4, 0.5) is 10.1 Å². The van der Waals surface area contributed by atoms with Crippen molar-refractivity contribution in [2.24, 2.45) is 5.92 Å². The lowest BCUT2D eigenvalue weighted by Crippen LogP contribution is -2.23. The van der Waals surface area contributed by atoms with E-state index in [1.807, 2.05) is 6.07 Å². The van der Waals surface area contributed by atoms with Crippen molar-refractivity contribution < 1.29 is 9.13 Å². The van der Waals surface area contributed by atoms with Crippen LogP contribution in [-0.4, -0.2) is 13.2 Å². The zero-order valence-electron chi connectivity index (χ0n) is 10.5. The fourth-order valence-corrected chi connectivity index (χ4v) is 2.33. The molecule has 3 heteroatoms. The predicted octanol–water partition coefficient (Wildman–Crippen LogP) is 3.82. The third-order valence-electron chi connectivity index (χ3n) is 3.48. The smallest absolute Gasteiger partial charge is 0.167 e. The Morgan fingerprint density at radius 3 is 2.76 bits per heavy atom. The average Bonchev–Trinajstić information content (AvgIpc) is 2.24. The topological polar surface area (TPSA) is 21.3 Å². The van der Waals surface area contributed by atoms with Gasteiger partial charge in [0.1, 0.15) is 0 Å². The van der Waals surface area contributed by atoms with Crippen molar-refractivity contribution in [3.8, 4) is 5.75 Å². The molecule has 94 valence electrons. The molecule has 0 spiro atoms. The van der Waals surface area contributed by atoms with E-state index in [0.29, 0.717) is 11.8 Å². The summed E-state index contributed by atoms with van der Waals surface area (Å²) < 4.78 is 18.4. The van der Waals surface area contributed by atoms with Crippen LogP contribution in [-0.2, 0) is 0 Å². The molecule has 0 radical (unpaired) electrons. The predicted molar refractivity (Wildman–Crippen MR) is 68.0 cm³/mol. The van der Waals surface area contributed by atoms with Crippen molar-refractivity contribution in [2.75, 3.05) is 12.4 Å². The lowest BCUT2D eigenvalue weighted by molar-refractivity contribution is 0.286. The van der Waals surface area contributed by atoms with Crippen LogP contribution < -0.4 is 10.1 Å². The first-order valence-electron chi connectivity index (χ1n) is 6.29. The summed E-state index contributed by atoms with van der Waals surface area (Å²) in [6, 6.07) is 5.41. The van der Waals surface area contributed by atoms with Gasteiger partial charge in [-0.05, 0) is 31.4 Å². The van der Waals surface area contributed by atoms with Gasteiger partial charge in [-0.2, -0.15) is 0 Å². The molecule has 0 heterocycles. The van der Waals surface area contributed by atoms with Crippen LogP contribution in [0.5, 0.6) is 5.75 Å². The van der Waals surface area contributed by atoms with Crippen LogP contribution in [0.1, 0.15) is 32.6 Å². The fourth-order valence-electron chi connectivity index (χ4n) is 2.33. The van der Waals surface area contributed by atoms with Gasteiger partial charge in [-0.25, -0.2) is 4.39 Å². The summed E-state index contributed by atoms with van der Waals surface area (Å²) in [4.78, 5) is 0. The van der Waals surface area contributed by atoms with Gasteiger partial charge < -0.3 is 10.1 Å². The maximum absolute atomic E-state index is 13.5. The molecule has 1 aliphatic rings. The minimum Gasteiger partial charge on any atom is -0.494 e. The van der Waals surface area contributed by atoms with Crippen molar-refractivity contribution >= 4 is 5.69 Å². The fraction of sp³-hybridized carbons (Fsp3) is 0.571. The van der Waals surface area contributed by atoms with E-state index in [4.69, 9.17) is 4.74 Å². The van der Waals surface area contributed by atoms with Crippen molar-refractivity contribution in [3.63, 3.8) is 0 Å². The maximum atomic E-state index is 13.5. The zero-order valence-corrected chi connectivity index (χ0v) is 10.5. The minimum absolute atomic E-state index is 0.294. The van der Waals surface area contributed by atoms with Crippen LogP contribution in [0.3, 0.4) is 0 Å². The largest absolute Gasteiger partial charge is 0.494 e. The first-order chi connectivity index (χ1) is 8.19. The van der Waals surface area contributed by atoms with E-state index in [1.165, 1.54) is 38.9 Å². The number of hydrogen-bond donors (Lipinski definition) is 1. The third-order valence-corrected chi connectivity index (χ3v) is 3.48. The number of anilines is 1. The van der Waals surface area contributed by atoms with Crippen molar-refractivity contribution in [2.45, 2.75) is 38.6 Å². The maximum Gasteiger partial charge on any atom is 0.167 e. The van der Waals surface area contributed by atoms with Gasteiger partial charge >= 0.3 is 0 Å². The summed E-state index contributed by atoms with van der Waals surface area (Å²) in [5.41, 5.74) is 0.829. The SMILES string of the molecule is COc1ccc(NC(C)CC2CCC2)cc1F. The summed E-state index contributed by atoms with van der Waals surface area (Å²) in [6.07, 6.45) is 5.24. The first-order valence-corrected chi connectivity index (χ1v) is 6.29. The molecular formula is C14H20FNO. The summed E-state index contributed by atoms with van der Waals surface area (Å²) in [7, 11) is 1.48. The number of benzene rings is 1. The first kappa shape index (κ1) is 12.2. The Balaban J connectivity index is 1.90. The van der Waals surface area contributed by atoms with E-state index in [9.17, 15) is 4.39 Å². The Bertz CT molecular complexity index is 376. The molecule has 1 fully saturated rings. The molecule has 0 aromatic heterocycles. The monoisotopic (exact) mass is 237 g/mol. The van der Waals surface area contributed by atoms with E-state index in [-0.39, 0.29) is 5.82 Å². The summed E-state index contributed by atoms with van der Waals surface area (Å²) in [6.45, 7) is 2.15. The van der Waals surface area contributed by atoms with Crippen LogP contribution in [0.25, 0.3) is 0 Å². The summed E-state index contributed by atoms with van der Waals surface area (Å²) in [5.74, 6) is 0.844. The van der Waals surface area contributed by atoms with Crippen LogP contribution in [0.2, 0.25) is 0 Å². The Morgan fingerprint density at radius 1 is 1.47 bits per heavy atom. The Kier molecular flexibility index (Phi) is 3.87. The lowest BCUT2D eigenvalue weighted by atomic mass is 9.81. The van der Waals surface area contributed by atoms with E-state index in [1.54, 1.807) is 6.07 Å². The Labute approximate surface area is 102 Å². The van der Waals surface area contributed by atoms with Gasteiger partial charge in [0.15, 0.2) is 11.6 Å². The highest BCUT2D eigenvalue weighted by Gasteiger charge is 2.19.